The average Bonchev–Trinajstić information content (AvgIpc) is 3.23. The fourth-order valence-corrected chi connectivity index (χ4v) is 4.66. The number of H-pyrrole nitrogens is 2. The highest BCUT2D eigenvalue weighted by atomic mass is 32.2. The second kappa shape index (κ2) is 6.91. The Balaban J connectivity index is 1.40. The lowest BCUT2D eigenvalue weighted by molar-refractivity contribution is 0.186. The minimum Gasteiger partial charge on any atom is -0.426 e. The molecule has 0 amide bonds. The van der Waals surface area contributed by atoms with Crippen LogP contribution in [-0.2, 0) is 16.4 Å². The molecular formula is C16H20N6O4S. The van der Waals surface area contributed by atoms with Crippen LogP contribution in [0.15, 0.2) is 32.3 Å². The van der Waals surface area contributed by atoms with Crippen molar-refractivity contribution in [3.63, 3.8) is 0 Å². The number of aromatic nitrogens is 4. The lowest BCUT2D eigenvalue weighted by Crippen LogP contribution is -2.49. The molecule has 0 aliphatic carbocycles. The third-order valence-electron chi connectivity index (χ3n) is 4.67. The van der Waals surface area contributed by atoms with Crippen LogP contribution in [0.4, 0.5) is 0 Å². The second-order valence-electron chi connectivity index (χ2n) is 6.50. The number of piperazine rings is 1. The molecule has 1 aliphatic rings. The molecule has 0 saturated carbocycles. The van der Waals surface area contributed by atoms with Crippen LogP contribution in [0.1, 0.15) is 11.8 Å². The number of hydrogen-bond acceptors (Lipinski definition) is 7. The summed E-state index contributed by atoms with van der Waals surface area (Å²) >= 11 is 0. The monoisotopic (exact) mass is 392 g/mol. The molecule has 10 nitrogen and oxygen atoms in total. The zero-order chi connectivity index (χ0) is 19.0. The van der Waals surface area contributed by atoms with Gasteiger partial charge in [-0.3, -0.25) is 0 Å². The summed E-state index contributed by atoms with van der Waals surface area (Å²) in [5.74, 6) is 1.14. The molecule has 0 atom stereocenters. The molecule has 144 valence electrons. The number of benzene rings is 1. The summed E-state index contributed by atoms with van der Waals surface area (Å²) < 4.78 is 32.6. The van der Waals surface area contributed by atoms with Gasteiger partial charge >= 0.3 is 5.69 Å². The Labute approximate surface area is 155 Å². The topological polar surface area (TPSA) is 128 Å². The summed E-state index contributed by atoms with van der Waals surface area (Å²) in [6.07, 6.45) is 0.644. The predicted octanol–water partition coefficient (Wildman–Crippen LogP) is 0.0966. The van der Waals surface area contributed by atoms with Crippen LogP contribution < -0.4 is 5.69 Å². The van der Waals surface area contributed by atoms with Gasteiger partial charge in [0.15, 0.2) is 0 Å². The Kier molecular flexibility index (Phi) is 4.58. The van der Waals surface area contributed by atoms with Crippen LogP contribution in [0, 0.1) is 6.92 Å². The first kappa shape index (κ1) is 17.9. The first-order valence-electron chi connectivity index (χ1n) is 8.65. The van der Waals surface area contributed by atoms with E-state index in [2.05, 4.69) is 25.1 Å². The average molecular weight is 392 g/mol. The maximum atomic E-state index is 12.9. The Morgan fingerprint density at radius 1 is 1.11 bits per heavy atom. The molecule has 4 rings (SSSR count). The maximum absolute atomic E-state index is 12.9. The van der Waals surface area contributed by atoms with E-state index < -0.39 is 10.0 Å². The molecule has 3 aromatic rings. The summed E-state index contributed by atoms with van der Waals surface area (Å²) in [6.45, 7) is 4.58. The van der Waals surface area contributed by atoms with Gasteiger partial charge in [0, 0.05) is 46.1 Å². The standard InChI is InChI=1S/C16H20N6O4S/c1-11-19-20-15(26-11)4-5-21-6-8-22(9-7-21)27(24,25)12-2-3-13-14(10-12)18-16(23)17-13/h2-3,10H,4-9H2,1H3,(H2,17,18,23). The quantitative estimate of drug-likeness (QED) is 0.630. The van der Waals surface area contributed by atoms with Gasteiger partial charge in [-0.25, -0.2) is 13.2 Å². The number of aryl methyl sites for hydroxylation is 1. The van der Waals surface area contributed by atoms with Crippen molar-refractivity contribution in [1.82, 2.24) is 29.4 Å². The van der Waals surface area contributed by atoms with Crippen molar-refractivity contribution < 1.29 is 12.8 Å². The Bertz CT molecular complexity index is 1110. The van der Waals surface area contributed by atoms with Crippen LogP contribution in [0.5, 0.6) is 0 Å². The smallest absolute Gasteiger partial charge is 0.323 e. The highest BCUT2D eigenvalue weighted by Crippen LogP contribution is 2.20. The molecule has 0 unspecified atom stereocenters. The Hall–Kier alpha value is -2.50. The third-order valence-corrected chi connectivity index (χ3v) is 6.56. The van der Waals surface area contributed by atoms with Gasteiger partial charge in [-0.05, 0) is 18.2 Å². The molecule has 1 aromatic carbocycles. The van der Waals surface area contributed by atoms with E-state index in [1.54, 1.807) is 13.0 Å². The SMILES string of the molecule is Cc1nnc(CCN2CCN(S(=O)(=O)c3ccc4[nH]c(=O)[nH]c4c3)CC2)o1. The van der Waals surface area contributed by atoms with Crippen molar-refractivity contribution >= 4 is 21.1 Å². The molecule has 1 aliphatic heterocycles. The number of hydrogen-bond donors (Lipinski definition) is 2. The third kappa shape index (κ3) is 3.66. The molecule has 3 heterocycles. The van der Waals surface area contributed by atoms with Crippen molar-refractivity contribution in [3.05, 3.63) is 40.5 Å². The van der Waals surface area contributed by atoms with E-state index in [0.717, 1.165) is 6.54 Å². The minimum absolute atomic E-state index is 0.181. The molecule has 0 bridgehead atoms. The number of fused-ring (bicyclic) bond motifs is 1. The van der Waals surface area contributed by atoms with Gasteiger partial charge < -0.3 is 19.3 Å². The van der Waals surface area contributed by atoms with E-state index in [-0.39, 0.29) is 10.6 Å². The van der Waals surface area contributed by atoms with Gasteiger partial charge in [-0.2, -0.15) is 4.31 Å². The lowest BCUT2D eigenvalue weighted by Gasteiger charge is -2.33. The van der Waals surface area contributed by atoms with Gasteiger partial charge in [0.2, 0.25) is 21.8 Å². The zero-order valence-corrected chi connectivity index (χ0v) is 15.6. The van der Waals surface area contributed by atoms with Gasteiger partial charge in [0.25, 0.3) is 0 Å². The molecule has 1 fully saturated rings. The molecule has 0 radical (unpaired) electrons. The van der Waals surface area contributed by atoms with E-state index in [1.807, 2.05) is 0 Å². The van der Waals surface area contributed by atoms with Crippen LogP contribution in [0.3, 0.4) is 0 Å². The number of nitrogens with zero attached hydrogens (tertiary/aromatic N) is 4. The summed E-state index contributed by atoms with van der Waals surface area (Å²) in [5, 5.41) is 7.78. The summed E-state index contributed by atoms with van der Waals surface area (Å²) in [4.78, 5) is 18.9. The maximum Gasteiger partial charge on any atom is 0.323 e. The number of nitrogens with one attached hydrogen (secondary N) is 2. The van der Waals surface area contributed by atoms with Gasteiger partial charge in [0.05, 0.1) is 15.9 Å². The van der Waals surface area contributed by atoms with Crippen molar-refractivity contribution in [1.29, 1.82) is 0 Å². The van der Waals surface area contributed by atoms with Crippen LogP contribution in [-0.4, -0.2) is 70.5 Å². The number of aromatic amines is 2. The highest BCUT2D eigenvalue weighted by Gasteiger charge is 2.28. The van der Waals surface area contributed by atoms with Crippen molar-refractivity contribution in [3.8, 4) is 0 Å². The van der Waals surface area contributed by atoms with Crippen LogP contribution in [0.2, 0.25) is 0 Å². The van der Waals surface area contributed by atoms with E-state index in [1.165, 1.54) is 16.4 Å². The molecular weight excluding hydrogens is 372 g/mol. The van der Waals surface area contributed by atoms with E-state index in [9.17, 15) is 13.2 Å². The number of imidazole rings is 1. The minimum atomic E-state index is -3.60. The second-order valence-corrected chi connectivity index (χ2v) is 8.43. The van der Waals surface area contributed by atoms with Gasteiger partial charge in [-0.1, -0.05) is 0 Å². The first-order valence-corrected chi connectivity index (χ1v) is 10.1. The normalized spacial score (nSPS) is 16.9. The van der Waals surface area contributed by atoms with Gasteiger partial charge in [0.1, 0.15) is 0 Å². The number of sulfonamides is 1. The summed E-state index contributed by atoms with van der Waals surface area (Å²) in [5.41, 5.74) is 0.708. The largest absolute Gasteiger partial charge is 0.426 e. The van der Waals surface area contributed by atoms with Crippen molar-refractivity contribution in [2.24, 2.45) is 0 Å². The van der Waals surface area contributed by atoms with E-state index >= 15 is 0 Å². The van der Waals surface area contributed by atoms with Gasteiger partial charge in [-0.15, -0.1) is 10.2 Å². The Morgan fingerprint density at radius 2 is 1.85 bits per heavy atom. The molecule has 2 N–H and O–H groups in total. The summed E-state index contributed by atoms with van der Waals surface area (Å²) in [7, 11) is -3.60. The molecule has 1 saturated heterocycles. The van der Waals surface area contributed by atoms with Crippen LogP contribution in [0.25, 0.3) is 11.0 Å². The fourth-order valence-electron chi connectivity index (χ4n) is 3.21. The van der Waals surface area contributed by atoms with E-state index in [0.29, 0.717) is 55.4 Å². The highest BCUT2D eigenvalue weighted by molar-refractivity contribution is 7.89. The summed E-state index contributed by atoms with van der Waals surface area (Å²) in [6, 6.07) is 4.61. The Morgan fingerprint density at radius 3 is 2.56 bits per heavy atom. The molecule has 2 aromatic heterocycles. The molecule has 27 heavy (non-hydrogen) atoms. The fraction of sp³-hybridized carbons (Fsp3) is 0.438. The van der Waals surface area contributed by atoms with Crippen molar-refractivity contribution in [2.45, 2.75) is 18.2 Å². The predicted molar refractivity (Wildman–Crippen MR) is 96.9 cm³/mol. The lowest BCUT2D eigenvalue weighted by atomic mass is 10.3. The molecule has 11 heteroatoms. The first-order chi connectivity index (χ1) is 12.9. The number of rotatable bonds is 5. The van der Waals surface area contributed by atoms with E-state index in [4.69, 9.17) is 4.42 Å². The van der Waals surface area contributed by atoms with Crippen molar-refractivity contribution in [2.75, 3.05) is 32.7 Å². The molecule has 0 spiro atoms. The zero-order valence-electron chi connectivity index (χ0n) is 14.8. The van der Waals surface area contributed by atoms with Crippen LogP contribution >= 0.6 is 0 Å².